The van der Waals surface area contributed by atoms with Crippen LogP contribution in [0, 0.1) is 0 Å². The van der Waals surface area contributed by atoms with Crippen molar-refractivity contribution in [3.8, 4) is 33.7 Å². The zero-order valence-electron chi connectivity index (χ0n) is 27.5. The lowest BCUT2D eigenvalue weighted by Gasteiger charge is -2.26. The van der Waals surface area contributed by atoms with Crippen molar-refractivity contribution in [1.29, 1.82) is 0 Å². The molecular weight excluding hydrogens is 625 g/mol. The van der Waals surface area contributed by atoms with E-state index in [9.17, 15) is 0 Å². The predicted molar refractivity (Wildman–Crippen MR) is 210 cm³/mol. The molecule has 8 aromatic carbocycles. The van der Waals surface area contributed by atoms with Gasteiger partial charge in [-0.25, -0.2) is 4.98 Å². The van der Waals surface area contributed by atoms with Crippen LogP contribution >= 0.6 is 0 Å². The van der Waals surface area contributed by atoms with E-state index in [0.29, 0.717) is 5.89 Å². The van der Waals surface area contributed by atoms with E-state index in [4.69, 9.17) is 13.8 Å². The van der Waals surface area contributed by atoms with Gasteiger partial charge in [0.15, 0.2) is 5.58 Å². The number of rotatable bonds is 6. The molecule has 0 N–H and O–H groups in total. The Morgan fingerprint density at radius 2 is 1.04 bits per heavy atom. The molecule has 2 aromatic heterocycles. The maximum absolute atomic E-state index is 6.48. The van der Waals surface area contributed by atoms with E-state index in [1.807, 2.05) is 54.6 Å². The lowest BCUT2D eigenvalue weighted by atomic mass is 9.97. The van der Waals surface area contributed by atoms with Crippen LogP contribution in [0.15, 0.2) is 191 Å². The van der Waals surface area contributed by atoms with Crippen molar-refractivity contribution in [2.45, 2.75) is 0 Å². The Morgan fingerprint density at radius 3 is 1.80 bits per heavy atom. The van der Waals surface area contributed by atoms with Crippen LogP contribution in [0.1, 0.15) is 0 Å². The van der Waals surface area contributed by atoms with E-state index >= 15 is 0 Å². The molecule has 0 atom stereocenters. The number of para-hydroxylation sites is 1. The topological polar surface area (TPSA) is 42.4 Å². The molecule has 4 nitrogen and oxygen atoms in total. The third-order valence-electron chi connectivity index (χ3n) is 9.71. The molecule has 51 heavy (non-hydrogen) atoms. The molecule has 240 valence electrons. The van der Waals surface area contributed by atoms with Crippen LogP contribution in [0.4, 0.5) is 17.1 Å². The van der Waals surface area contributed by atoms with Gasteiger partial charge in [-0.3, -0.25) is 0 Å². The monoisotopic (exact) mass is 654 g/mol. The van der Waals surface area contributed by atoms with Gasteiger partial charge in [0.25, 0.3) is 0 Å². The van der Waals surface area contributed by atoms with Crippen LogP contribution in [0.3, 0.4) is 0 Å². The molecule has 10 rings (SSSR count). The Morgan fingerprint density at radius 1 is 0.412 bits per heavy atom. The number of oxazole rings is 1. The van der Waals surface area contributed by atoms with E-state index in [-0.39, 0.29) is 0 Å². The molecular formula is C47H30N2O2. The van der Waals surface area contributed by atoms with E-state index < -0.39 is 0 Å². The van der Waals surface area contributed by atoms with Crippen molar-refractivity contribution in [1.82, 2.24) is 4.98 Å². The second-order valence-corrected chi connectivity index (χ2v) is 12.8. The number of nitrogens with zero attached hydrogens (tertiary/aromatic N) is 2. The first-order chi connectivity index (χ1) is 25.3. The molecule has 0 amide bonds. The molecule has 10 aromatic rings. The molecule has 0 spiro atoms. The molecule has 0 radical (unpaired) electrons. The van der Waals surface area contributed by atoms with Crippen LogP contribution in [0.2, 0.25) is 0 Å². The lowest BCUT2D eigenvalue weighted by Crippen LogP contribution is -2.09. The molecule has 0 aliphatic rings. The van der Waals surface area contributed by atoms with Crippen LogP contribution < -0.4 is 4.90 Å². The molecule has 0 saturated carbocycles. The Kier molecular flexibility index (Phi) is 6.78. The Balaban J connectivity index is 1.09. The van der Waals surface area contributed by atoms with Gasteiger partial charge in [0, 0.05) is 44.9 Å². The highest BCUT2D eigenvalue weighted by molar-refractivity contribution is 6.11. The summed E-state index contributed by atoms with van der Waals surface area (Å²) in [6.07, 6.45) is 0. The summed E-state index contributed by atoms with van der Waals surface area (Å²) in [5.41, 5.74) is 12.0. The molecule has 0 aliphatic heterocycles. The van der Waals surface area contributed by atoms with Gasteiger partial charge < -0.3 is 13.7 Å². The number of benzene rings is 8. The fraction of sp³-hybridized carbons (Fsp3) is 0. The Hall–Kier alpha value is -6.91. The zero-order chi connectivity index (χ0) is 33.7. The van der Waals surface area contributed by atoms with E-state index in [0.717, 1.165) is 77.6 Å². The van der Waals surface area contributed by atoms with E-state index in [1.165, 1.54) is 11.1 Å². The van der Waals surface area contributed by atoms with Crippen molar-refractivity contribution >= 4 is 60.9 Å². The fourth-order valence-corrected chi connectivity index (χ4v) is 7.22. The van der Waals surface area contributed by atoms with Crippen molar-refractivity contribution in [2.24, 2.45) is 0 Å². The molecule has 0 aliphatic carbocycles. The normalized spacial score (nSPS) is 11.5. The first kappa shape index (κ1) is 29.0. The maximum Gasteiger partial charge on any atom is 0.227 e. The number of aromatic nitrogens is 1. The standard InChI is InChI=1S/C47H30N2O2/c1-3-10-31(11-4-1)32-18-23-36(24-19-32)49(38-27-28-41-40-15-7-8-17-43(40)50-44(41)30-38)37-25-20-33(21-26-37)39-16-9-14-34-22-29-42-46(45(34)39)51-47(48-42)35-12-5-2-6-13-35/h1-30H. The third kappa shape index (κ3) is 5.04. The minimum absolute atomic E-state index is 0.624. The summed E-state index contributed by atoms with van der Waals surface area (Å²) in [5.74, 6) is 0.624. The minimum Gasteiger partial charge on any atom is -0.456 e. The fourth-order valence-electron chi connectivity index (χ4n) is 7.22. The van der Waals surface area contributed by atoms with Crippen molar-refractivity contribution in [2.75, 3.05) is 4.90 Å². The maximum atomic E-state index is 6.48. The molecule has 0 unspecified atom stereocenters. The SMILES string of the molecule is c1ccc(-c2ccc(N(c3ccc(-c4cccc5ccc6nc(-c7ccccc7)oc6c45)cc3)c3ccc4c(c3)oc3ccccc34)cc2)cc1. The summed E-state index contributed by atoms with van der Waals surface area (Å²) in [7, 11) is 0. The van der Waals surface area contributed by atoms with Gasteiger partial charge in [-0.05, 0) is 88.3 Å². The minimum atomic E-state index is 0.624. The molecule has 4 heteroatoms. The van der Waals surface area contributed by atoms with E-state index in [2.05, 4.69) is 132 Å². The summed E-state index contributed by atoms with van der Waals surface area (Å²) >= 11 is 0. The highest BCUT2D eigenvalue weighted by atomic mass is 16.3. The summed E-state index contributed by atoms with van der Waals surface area (Å²) in [6, 6.07) is 63.3. The van der Waals surface area contributed by atoms with Crippen molar-refractivity contribution in [3.05, 3.63) is 182 Å². The second kappa shape index (κ2) is 11.9. The predicted octanol–water partition coefficient (Wildman–Crippen LogP) is 13.4. The van der Waals surface area contributed by atoms with Crippen molar-refractivity contribution < 1.29 is 8.83 Å². The first-order valence-electron chi connectivity index (χ1n) is 17.1. The van der Waals surface area contributed by atoms with Crippen LogP contribution in [0.5, 0.6) is 0 Å². The second-order valence-electron chi connectivity index (χ2n) is 12.8. The molecule has 0 fully saturated rings. The lowest BCUT2D eigenvalue weighted by molar-refractivity contribution is 0.623. The number of hydrogen-bond donors (Lipinski definition) is 0. The third-order valence-corrected chi connectivity index (χ3v) is 9.71. The quantitative estimate of drug-likeness (QED) is 0.179. The summed E-state index contributed by atoms with van der Waals surface area (Å²) in [6.45, 7) is 0. The molecule has 0 bridgehead atoms. The van der Waals surface area contributed by atoms with Gasteiger partial charge in [-0.2, -0.15) is 0 Å². The van der Waals surface area contributed by atoms with Crippen LogP contribution in [0.25, 0.3) is 77.5 Å². The van der Waals surface area contributed by atoms with Gasteiger partial charge >= 0.3 is 0 Å². The number of hydrogen-bond acceptors (Lipinski definition) is 4. The van der Waals surface area contributed by atoms with Crippen LogP contribution in [-0.2, 0) is 0 Å². The summed E-state index contributed by atoms with van der Waals surface area (Å²) < 4.78 is 12.8. The number of anilines is 3. The molecule has 0 saturated heterocycles. The molecule has 2 heterocycles. The summed E-state index contributed by atoms with van der Waals surface area (Å²) in [5, 5.41) is 4.39. The van der Waals surface area contributed by atoms with Gasteiger partial charge in [0.2, 0.25) is 5.89 Å². The van der Waals surface area contributed by atoms with Crippen LogP contribution in [-0.4, -0.2) is 4.98 Å². The number of fused-ring (bicyclic) bond motifs is 6. The zero-order valence-corrected chi connectivity index (χ0v) is 27.5. The summed E-state index contributed by atoms with van der Waals surface area (Å²) in [4.78, 5) is 7.14. The van der Waals surface area contributed by atoms with Gasteiger partial charge in [0.05, 0.1) is 0 Å². The average molecular weight is 655 g/mol. The highest BCUT2D eigenvalue weighted by Crippen LogP contribution is 2.41. The van der Waals surface area contributed by atoms with Gasteiger partial charge in [-0.15, -0.1) is 0 Å². The van der Waals surface area contributed by atoms with E-state index in [1.54, 1.807) is 0 Å². The van der Waals surface area contributed by atoms with Gasteiger partial charge in [-0.1, -0.05) is 115 Å². The van der Waals surface area contributed by atoms with Gasteiger partial charge in [0.1, 0.15) is 16.7 Å². The number of furan rings is 1. The average Bonchev–Trinajstić information content (AvgIpc) is 3.81. The van der Waals surface area contributed by atoms with Crippen molar-refractivity contribution in [3.63, 3.8) is 0 Å². The highest BCUT2D eigenvalue weighted by Gasteiger charge is 2.18. The Labute approximate surface area is 294 Å². The largest absolute Gasteiger partial charge is 0.456 e. The Bertz CT molecular complexity index is 2840. The first-order valence-corrected chi connectivity index (χ1v) is 17.1. The smallest absolute Gasteiger partial charge is 0.227 e.